The Morgan fingerprint density at radius 2 is 0.763 bits per heavy atom. The zero-order valence-corrected chi connectivity index (χ0v) is 63.1. The zero-order chi connectivity index (χ0) is 84.1. The monoisotopic (exact) mass is 1580 g/mol. The lowest BCUT2D eigenvalue weighted by molar-refractivity contribution is 0.0693. The molecule has 14 N–H and O–H groups in total. The fourth-order valence-corrected chi connectivity index (χ4v) is 11.0. The summed E-state index contributed by atoms with van der Waals surface area (Å²) in [5.41, 5.74) is 11.1. The largest absolute Gasteiger partial charge is 0.507 e. The Morgan fingerprint density at radius 3 is 1.21 bits per heavy atom. The van der Waals surface area contributed by atoms with Gasteiger partial charge in [0.15, 0.2) is 40.2 Å². The molecule has 16 aromatic rings. The minimum absolute atomic E-state index is 0.0663. The molecule has 0 saturated heterocycles. The first-order valence-corrected chi connectivity index (χ1v) is 36.4. The van der Waals surface area contributed by atoms with Crippen LogP contribution in [0.3, 0.4) is 0 Å². The molecule has 16 rings (SSSR count). The summed E-state index contributed by atoms with van der Waals surface area (Å²) < 4.78 is 6.23. The third-order valence-corrected chi connectivity index (χ3v) is 17.0. The standard InChI is InChI=1S/C13H10O3.C13H12O2.C12H11NO2.C12H10O3.C12H10O2.C11H10N2O2.C11H9NO2.C10H10N2O2/c14-12-7-6-10(8-11(12)13(15)16)9-4-2-1-3-5-9;14-12-7-6-11(9-13(12)15)8-10-4-2-1-3-5-10;14-11-7-10(13-8-12(11)15)6-9-4-2-1-3-5-9;13-11-7-10(15-8-12(11)14)6-9-4-2-1-3-5-9;13-11-7-6-10(8-12(11)14)9-4-2-1-3-5-9;14-9-7-12-10(13-11(9)15)6-8-4-2-1-3-5-8;13-11-7-6-10(8-12(11)14)9-4-2-1-3-5-9;13-10-11-9(7-12(10)14)6-8-4-2-1-3-5-8/h1-8,14H,(H,15,16);1-7,9,14-15H,8H2;1-5,7-8,15H,6H2,(H,13,14);1-5,7-8,14H,6H2;1-8,13-14H;1-5,7,14H,6H2,(H,12,13,15);1-8,14H;1-5,7,14H,6H2,(H,11,13). The molecule has 0 fully saturated rings. The number of nitrogens with one attached hydrogen (secondary N) is 3. The van der Waals surface area contributed by atoms with Crippen LogP contribution in [-0.2, 0) is 32.1 Å². The second kappa shape index (κ2) is 44.0. The molecule has 24 nitrogen and oxygen atoms in total. The molecule has 0 aliphatic rings. The Bertz CT molecular complexity index is 5900. The third kappa shape index (κ3) is 27.8. The summed E-state index contributed by atoms with van der Waals surface area (Å²) in [5.74, 6) is -1.54. The van der Waals surface area contributed by atoms with Gasteiger partial charge in [0, 0.05) is 67.0 Å². The van der Waals surface area contributed by atoms with Gasteiger partial charge in [-0.2, -0.15) is 4.73 Å². The topological polar surface area (TPSA) is 408 Å². The fraction of sp³-hybridized carbons (Fsp3) is 0.0532. The van der Waals surface area contributed by atoms with E-state index in [9.17, 15) is 44.1 Å². The van der Waals surface area contributed by atoms with Crippen molar-refractivity contribution >= 4 is 5.97 Å². The van der Waals surface area contributed by atoms with Gasteiger partial charge in [-0.15, -0.1) is 4.73 Å². The van der Waals surface area contributed by atoms with Crippen LogP contribution in [0.5, 0.6) is 46.0 Å². The second-order valence-corrected chi connectivity index (χ2v) is 25.9. The molecule has 11 aromatic carbocycles. The number of carbonyl (C=O) groups is 1. The highest BCUT2D eigenvalue weighted by atomic mass is 16.5. The molecule has 5 heterocycles. The van der Waals surface area contributed by atoms with E-state index in [1.165, 1.54) is 66.6 Å². The maximum atomic E-state index is 11.2. The van der Waals surface area contributed by atoms with E-state index >= 15 is 0 Å². The molecule has 118 heavy (non-hydrogen) atoms. The molecule has 0 radical (unpaired) electrons. The molecule has 0 saturated carbocycles. The smallest absolute Gasteiger partial charge is 0.358 e. The van der Waals surface area contributed by atoms with Gasteiger partial charge in [-0.3, -0.25) is 19.2 Å². The number of pyridine rings is 2. The van der Waals surface area contributed by atoms with Crippen molar-refractivity contribution in [2.75, 3.05) is 0 Å². The van der Waals surface area contributed by atoms with E-state index in [0.29, 0.717) is 52.4 Å². The number of phenolic OH excluding ortho intramolecular Hbond substituents is 4. The maximum Gasteiger partial charge on any atom is 0.358 e. The Kier molecular flexibility index (Phi) is 31.9. The zero-order valence-electron chi connectivity index (χ0n) is 63.1. The van der Waals surface area contributed by atoms with Crippen LogP contribution in [0.1, 0.15) is 66.7 Å². The average Bonchev–Trinajstić information content (AvgIpc) is 1.14. The van der Waals surface area contributed by atoms with Crippen LogP contribution < -0.4 is 27.7 Å². The van der Waals surface area contributed by atoms with Crippen molar-refractivity contribution in [3.05, 3.63) is 466 Å². The fourth-order valence-electron chi connectivity index (χ4n) is 11.0. The van der Waals surface area contributed by atoms with E-state index in [1.807, 2.05) is 249 Å². The van der Waals surface area contributed by atoms with Gasteiger partial charge in [0.1, 0.15) is 29.2 Å². The number of aromatic nitrogens is 6. The number of hydrogen-bond acceptors (Lipinski definition) is 18. The van der Waals surface area contributed by atoms with E-state index < -0.39 is 28.2 Å². The van der Waals surface area contributed by atoms with Gasteiger partial charge < -0.3 is 75.7 Å². The maximum absolute atomic E-state index is 11.2. The van der Waals surface area contributed by atoms with Crippen LogP contribution in [0.4, 0.5) is 0 Å². The molecule has 0 unspecified atom stereocenters. The number of carboxylic acids is 1. The molecular weight excluding hydrogens is 1500 g/mol. The van der Waals surface area contributed by atoms with Crippen molar-refractivity contribution < 1.29 is 65.6 Å². The van der Waals surface area contributed by atoms with Gasteiger partial charge in [0.25, 0.3) is 11.1 Å². The summed E-state index contributed by atoms with van der Waals surface area (Å²) in [4.78, 5) is 77.9. The molecular formula is C94H82N6O18. The summed E-state index contributed by atoms with van der Waals surface area (Å²) in [6.45, 7) is 0. The Balaban J connectivity index is 0.000000154. The van der Waals surface area contributed by atoms with Gasteiger partial charge in [-0.05, 0) is 110 Å². The second-order valence-electron chi connectivity index (χ2n) is 25.9. The Morgan fingerprint density at radius 1 is 0.339 bits per heavy atom. The summed E-state index contributed by atoms with van der Waals surface area (Å²) in [7, 11) is 0. The number of aromatic carboxylic acids is 1. The number of hydrogen-bond donors (Lipinski definition) is 14. The van der Waals surface area contributed by atoms with E-state index in [1.54, 1.807) is 30.3 Å². The molecule has 0 atom stereocenters. The van der Waals surface area contributed by atoms with E-state index in [2.05, 4.69) is 19.9 Å². The highest BCUT2D eigenvalue weighted by molar-refractivity contribution is 5.92. The van der Waals surface area contributed by atoms with Gasteiger partial charge in [0.05, 0.1) is 18.6 Å². The third-order valence-electron chi connectivity index (χ3n) is 17.0. The van der Waals surface area contributed by atoms with Gasteiger partial charge >= 0.3 is 11.7 Å². The minimum Gasteiger partial charge on any atom is -0.507 e. The molecule has 0 spiro atoms. The molecule has 5 aromatic heterocycles. The van der Waals surface area contributed by atoms with Crippen LogP contribution in [0.2, 0.25) is 0 Å². The SMILES string of the molecule is O=C(O)c1cc(-c2ccccc2)ccc1O.O=c1[nH]c(Cc2ccccc2)cn1O.O=c1[nH]c(Cc2ccccc2)ncc1O.O=c1cc(Cc2ccccc2)[nH]cc1O.O=c1cc(Cc2ccccc2)occ1O.O=c1ccc(-c2ccccc2)cn1O.Oc1ccc(-c2ccccc2)cc1O.Oc1ccc(Cc2ccccc2)cc1O. The summed E-state index contributed by atoms with van der Waals surface area (Å²) >= 11 is 0. The van der Waals surface area contributed by atoms with Crippen LogP contribution in [0.25, 0.3) is 33.4 Å². The number of benzene rings is 11. The minimum atomic E-state index is -1.13. The van der Waals surface area contributed by atoms with Crippen molar-refractivity contribution in [3.63, 3.8) is 0 Å². The van der Waals surface area contributed by atoms with Crippen molar-refractivity contribution in [1.82, 2.24) is 29.4 Å². The molecule has 24 heteroatoms. The first-order valence-electron chi connectivity index (χ1n) is 36.4. The number of rotatable bonds is 14. The van der Waals surface area contributed by atoms with Gasteiger partial charge in [-0.1, -0.05) is 261 Å². The molecule has 0 aliphatic carbocycles. The number of carboxylic acid groups (broad SMARTS) is 1. The van der Waals surface area contributed by atoms with E-state index in [0.717, 1.165) is 85.8 Å². The lowest BCUT2D eigenvalue weighted by atomic mass is 10.0. The summed E-state index contributed by atoms with van der Waals surface area (Å²) in [6, 6.07) is 97.6. The van der Waals surface area contributed by atoms with E-state index in [-0.39, 0.29) is 57.0 Å². The van der Waals surface area contributed by atoms with Crippen LogP contribution in [0.15, 0.2) is 381 Å². The number of aromatic hydroxyl groups is 8. The van der Waals surface area contributed by atoms with Gasteiger partial charge in [0.2, 0.25) is 10.9 Å². The predicted molar refractivity (Wildman–Crippen MR) is 449 cm³/mol. The highest BCUT2D eigenvalue weighted by Crippen LogP contribution is 2.31. The van der Waals surface area contributed by atoms with Crippen LogP contribution >= 0.6 is 0 Å². The van der Waals surface area contributed by atoms with Crippen molar-refractivity contribution in [1.29, 1.82) is 0 Å². The normalized spacial score (nSPS) is 10.1. The quantitative estimate of drug-likeness (QED) is 0.0355. The lowest BCUT2D eigenvalue weighted by Gasteiger charge is -2.04. The highest BCUT2D eigenvalue weighted by Gasteiger charge is 2.12. The first-order chi connectivity index (χ1) is 57.0. The number of nitrogens with zero attached hydrogens (tertiary/aromatic N) is 3. The molecule has 0 bridgehead atoms. The van der Waals surface area contributed by atoms with E-state index in [4.69, 9.17) is 45.5 Å². The van der Waals surface area contributed by atoms with Crippen LogP contribution in [0, 0.1) is 0 Å². The lowest BCUT2D eigenvalue weighted by Crippen LogP contribution is -2.14. The number of H-pyrrole nitrogens is 3. The molecule has 596 valence electrons. The van der Waals surface area contributed by atoms with Crippen molar-refractivity contribution in [2.45, 2.75) is 32.1 Å². The first kappa shape index (κ1) is 85.6. The predicted octanol–water partition coefficient (Wildman–Crippen LogP) is 15.6. The summed E-state index contributed by atoms with van der Waals surface area (Å²) in [5, 5.41) is 100. The summed E-state index contributed by atoms with van der Waals surface area (Å²) in [6.07, 6.45) is 9.48. The van der Waals surface area contributed by atoms with Crippen molar-refractivity contribution in [3.8, 4) is 79.4 Å². The van der Waals surface area contributed by atoms with Gasteiger partial charge in [-0.25, -0.2) is 14.6 Å². The molecule has 0 amide bonds. The van der Waals surface area contributed by atoms with Crippen molar-refractivity contribution in [2.24, 2.45) is 0 Å². The Hall–Kier alpha value is -16.4. The Labute approximate surface area is 675 Å². The number of imidazole rings is 1. The van der Waals surface area contributed by atoms with Crippen LogP contribution in [-0.4, -0.2) is 91.7 Å². The molecule has 0 aliphatic heterocycles. The number of aromatic amines is 3. The average molecular weight is 1580 g/mol. The number of phenols is 5.